The molecule has 3 rings (SSSR count). The van der Waals surface area contributed by atoms with Crippen LogP contribution in [0.3, 0.4) is 0 Å². The number of fused-ring (bicyclic) bond motifs is 1. The molecule has 1 unspecified atom stereocenters. The van der Waals surface area contributed by atoms with Crippen molar-refractivity contribution < 1.29 is 18.3 Å². The number of ether oxygens (including phenoxy) is 2. The number of nitrogens with one attached hydrogen (secondary N) is 1. The number of hydrogen-bond donors (Lipinski definition) is 1. The minimum absolute atomic E-state index is 0.0959. The first kappa shape index (κ1) is 13.4. The first-order valence-electron chi connectivity index (χ1n) is 6.95. The average molecular weight is 284 g/mol. The van der Waals surface area contributed by atoms with Gasteiger partial charge in [0, 0.05) is 30.9 Å². The molecule has 1 N–H and O–H groups in total. The summed E-state index contributed by atoms with van der Waals surface area (Å²) in [6.45, 7) is 4.94. The summed E-state index contributed by atoms with van der Waals surface area (Å²) in [6, 6.07) is 5.42. The van der Waals surface area contributed by atoms with Crippen LogP contribution < -0.4 is 19.7 Å². The third kappa shape index (κ3) is 2.65. The van der Waals surface area contributed by atoms with Gasteiger partial charge in [0.2, 0.25) is 0 Å². The van der Waals surface area contributed by atoms with Crippen LogP contribution in [0.15, 0.2) is 18.2 Å². The third-order valence-corrected chi connectivity index (χ3v) is 3.62. The van der Waals surface area contributed by atoms with Crippen molar-refractivity contribution in [3.05, 3.63) is 18.2 Å². The number of anilines is 1. The van der Waals surface area contributed by atoms with Crippen molar-refractivity contribution in [1.82, 2.24) is 5.32 Å². The Morgan fingerprint density at radius 3 is 2.95 bits per heavy atom. The molecule has 1 aromatic rings. The molecule has 6 heteroatoms. The molecule has 1 aromatic carbocycles. The summed E-state index contributed by atoms with van der Waals surface area (Å²) in [5, 5.41) is 3.48. The van der Waals surface area contributed by atoms with Crippen LogP contribution in [0.5, 0.6) is 11.5 Å². The Morgan fingerprint density at radius 1 is 1.35 bits per heavy atom. The van der Waals surface area contributed by atoms with E-state index >= 15 is 0 Å². The van der Waals surface area contributed by atoms with Crippen LogP contribution >= 0.6 is 0 Å². The van der Waals surface area contributed by atoms with Crippen molar-refractivity contribution in [1.29, 1.82) is 0 Å². The Kier molecular flexibility index (Phi) is 3.41. The summed E-state index contributed by atoms with van der Waals surface area (Å²) in [5.41, 5.74) is 0.894. The molecule has 110 valence electrons. The van der Waals surface area contributed by atoms with E-state index in [1.165, 1.54) is 0 Å². The summed E-state index contributed by atoms with van der Waals surface area (Å²) in [7, 11) is 0. The molecule has 1 saturated heterocycles. The Balaban J connectivity index is 1.68. The van der Waals surface area contributed by atoms with Crippen LogP contribution in [-0.4, -0.2) is 32.0 Å². The topological polar surface area (TPSA) is 33.7 Å². The van der Waals surface area contributed by atoms with Crippen LogP contribution in [0, 0.1) is 0 Å². The maximum atomic E-state index is 13.0. The predicted octanol–water partition coefficient (Wildman–Crippen LogP) is 2.59. The number of nitrogens with zero attached hydrogens (tertiary/aromatic N) is 1. The molecule has 0 aliphatic carbocycles. The first-order chi connectivity index (χ1) is 9.57. The van der Waals surface area contributed by atoms with Gasteiger partial charge in [-0.05, 0) is 31.5 Å². The highest BCUT2D eigenvalue weighted by atomic mass is 19.3. The van der Waals surface area contributed by atoms with E-state index in [1.54, 1.807) is 18.2 Å². The molecule has 0 radical (unpaired) electrons. The molecular weight excluding hydrogens is 266 g/mol. The SMILES string of the molecule is CCCNC1CCN(c2ccc3c(c2)OC(F)(F)O3)C1. The maximum absolute atomic E-state index is 13.0. The van der Waals surface area contributed by atoms with E-state index in [4.69, 9.17) is 0 Å². The Labute approximate surface area is 116 Å². The Hall–Kier alpha value is -1.56. The fourth-order valence-corrected chi connectivity index (χ4v) is 2.64. The number of halogens is 2. The van der Waals surface area contributed by atoms with Crippen LogP contribution in [0.25, 0.3) is 0 Å². The molecule has 2 aliphatic heterocycles. The lowest BCUT2D eigenvalue weighted by atomic mass is 10.2. The van der Waals surface area contributed by atoms with Gasteiger partial charge in [-0.2, -0.15) is 0 Å². The van der Waals surface area contributed by atoms with E-state index < -0.39 is 6.29 Å². The van der Waals surface area contributed by atoms with E-state index in [2.05, 4.69) is 26.6 Å². The van der Waals surface area contributed by atoms with Gasteiger partial charge in [0.25, 0.3) is 0 Å². The Bertz CT molecular complexity index is 496. The number of alkyl halides is 2. The summed E-state index contributed by atoms with van der Waals surface area (Å²) < 4.78 is 34.8. The highest BCUT2D eigenvalue weighted by Crippen LogP contribution is 2.43. The van der Waals surface area contributed by atoms with E-state index in [1.807, 2.05) is 0 Å². The molecule has 20 heavy (non-hydrogen) atoms. The van der Waals surface area contributed by atoms with Crippen LogP contribution in [0.4, 0.5) is 14.5 Å². The minimum atomic E-state index is -3.54. The van der Waals surface area contributed by atoms with Crippen molar-refractivity contribution in [2.24, 2.45) is 0 Å². The van der Waals surface area contributed by atoms with Crippen molar-refractivity contribution in [3.63, 3.8) is 0 Å². The van der Waals surface area contributed by atoms with Gasteiger partial charge >= 0.3 is 6.29 Å². The zero-order valence-electron chi connectivity index (χ0n) is 11.4. The first-order valence-corrected chi connectivity index (χ1v) is 6.95. The van der Waals surface area contributed by atoms with Gasteiger partial charge in [0.15, 0.2) is 11.5 Å². The van der Waals surface area contributed by atoms with Gasteiger partial charge in [-0.25, -0.2) is 0 Å². The molecule has 4 nitrogen and oxygen atoms in total. The lowest BCUT2D eigenvalue weighted by Gasteiger charge is -2.19. The second kappa shape index (κ2) is 5.09. The van der Waals surface area contributed by atoms with Crippen molar-refractivity contribution in [3.8, 4) is 11.5 Å². The smallest absolute Gasteiger partial charge is 0.395 e. The molecule has 0 aromatic heterocycles. The van der Waals surface area contributed by atoms with Gasteiger partial charge < -0.3 is 19.7 Å². The number of rotatable bonds is 4. The minimum Gasteiger partial charge on any atom is -0.395 e. The predicted molar refractivity (Wildman–Crippen MR) is 71.6 cm³/mol. The molecule has 0 saturated carbocycles. The third-order valence-electron chi connectivity index (χ3n) is 3.62. The van der Waals surface area contributed by atoms with E-state index in [0.717, 1.165) is 38.2 Å². The number of benzene rings is 1. The van der Waals surface area contributed by atoms with Gasteiger partial charge in [0.1, 0.15) is 0 Å². The Morgan fingerprint density at radius 2 is 2.15 bits per heavy atom. The van der Waals surface area contributed by atoms with Crippen LogP contribution in [0.1, 0.15) is 19.8 Å². The number of hydrogen-bond acceptors (Lipinski definition) is 4. The van der Waals surface area contributed by atoms with E-state index in [9.17, 15) is 8.78 Å². The van der Waals surface area contributed by atoms with Gasteiger partial charge in [-0.1, -0.05) is 6.92 Å². The quantitative estimate of drug-likeness (QED) is 0.921. The van der Waals surface area contributed by atoms with Gasteiger partial charge in [-0.15, -0.1) is 8.78 Å². The monoisotopic (exact) mass is 284 g/mol. The largest absolute Gasteiger partial charge is 0.586 e. The van der Waals surface area contributed by atoms with E-state index in [-0.39, 0.29) is 11.5 Å². The highest BCUT2D eigenvalue weighted by molar-refractivity contribution is 5.58. The molecule has 2 aliphatic rings. The molecule has 0 amide bonds. The summed E-state index contributed by atoms with van der Waals surface area (Å²) >= 11 is 0. The molecule has 1 fully saturated rings. The second-order valence-corrected chi connectivity index (χ2v) is 5.18. The summed E-state index contributed by atoms with van der Waals surface area (Å²) in [6.07, 6.45) is -1.38. The van der Waals surface area contributed by atoms with Gasteiger partial charge in [0.05, 0.1) is 0 Å². The second-order valence-electron chi connectivity index (χ2n) is 5.18. The van der Waals surface area contributed by atoms with Crippen molar-refractivity contribution >= 4 is 5.69 Å². The summed E-state index contributed by atoms with van der Waals surface area (Å²) in [4.78, 5) is 2.17. The molecular formula is C14H18F2N2O2. The molecule has 2 heterocycles. The molecule has 0 spiro atoms. The van der Waals surface area contributed by atoms with Crippen LogP contribution in [0.2, 0.25) is 0 Å². The summed E-state index contributed by atoms with van der Waals surface area (Å²) in [5.74, 6) is 0.205. The lowest BCUT2D eigenvalue weighted by Crippen LogP contribution is -2.32. The van der Waals surface area contributed by atoms with Crippen LogP contribution in [-0.2, 0) is 0 Å². The zero-order valence-corrected chi connectivity index (χ0v) is 11.4. The maximum Gasteiger partial charge on any atom is 0.586 e. The van der Waals surface area contributed by atoms with Crippen molar-refractivity contribution in [2.75, 3.05) is 24.5 Å². The molecule has 1 atom stereocenters. The van der Waals surface area contributed by atoms with E-state index in [0.29, 0.717) is 6.04 Å². The fourth-order valence-electron chi connectivity index (χ4n) is 2.64. The average Bonchev–Trinajstić information content (AvgIpc) is 2.97. The lowest BCUT2D eigenvalue weighted by molar-refractivity contribution is -0.286. The zero-order chi connectivity index (χ0) is 14.2. The van der Waals surface area contributed by atoms with Crippen molar-refractivity contribution in [2.45, 2.75) is 32.1 Å². The van der Waals surface area contributed by atoms with Gasteiger partial charge in [-0.3, -0.25) is 0 Å². The standard InChI is InChI=1S/C14H18F2N2O2/c1-2-6-17-10-5-7-18(9-10)11-3-4-12-13(8-11)20-14(15,16)19-12/h3-4,8,10,17H,2,5-7,9H2,1H3. The molecule has 0 bridgehead atoms. The normalized spacial score (nSPS) is 23.4. The fraction of sp³-hybridized carbons (Fsp3) is 0.571. The highest BCUT2D eigenvalue weighted by Gasteiger charge is 2.43.